The second kappa shape index (κ2) is 11.0. The maximum absolute atomic E-state index is 13.1. The molecule has 0 aromatic heterocycles. The number of rotatable bonds is 9. The first-order valence-electron chi connectivity index (χ1n) is 10.1. The summed E-state index contributed by atoms with van der Waals surface area (Å²) in [5, 5.41) is 10.1. The predicted octanol–water partition coefficient (Wildman–Crippen LogP) is 4.90. The fourth-order valence-electron chi connectivity index (χ4n) is 3.90. The minimum Gasteiger partial charge on any atom is -0.480 e. The molecule has 1 aliphatic heterocycles. The molecule has 1 N–H and O–H groups in total. The lowest BCUT2D eigenvalue weighted by atomic mass is 9.91. The van der Waals surface area contributed by atoms with Gasteiger partial charge in [-0.1, -0.05) is 60.8 Å². The first kappa shape index (κ1) is 23.5. The second-order valence-corrected chi connectivity index (χ2v) is 8.30. The highest BCUT2D eigenvalue weighted by Gasteiger charge is 2.42. The van der Waals surface area contributed by atoms with Crippen LogP contribution in [0.2, 0.25) is 10.0 Å². The summed E-state index contributed by atoms with van der Waals surface area (Å²) in [5.74, 6) is -1.21. The van der Waals surface area contributed by atoms with Crippen LogP contribution in [0.15, 0.2) is 48.5 Å². The Labute approximate surface area is 191 Å². The van der Waals surface area contributed by atoms with Gasteiger partial charge in [-0.3, -0.25) is 4.79 Å². The molecule has 31 heavy (non-hydrogen) atoms. The van der Waals surface area contributed by atoms with Crippen molar-refractivity contribution >= 4 is 35.1 Å². The summed E-state index contributed by atoms with van der Waals surface area (Å²) in [6, 6.07) is 14.0. The molecule has 0 bridgehead atoms. The van der Waals surface area contributed by atoms with E-state index in [4.69, 9.17) is 37.8 Å². The average Bonchev–Trinajstić information content (AvgIpc) is 2.74. The molecule has 3 atom stereocenters. The Morgan fingerprint density at radius 2 is 1.71 bits per heavy atom. The molecule has 0 aliphatic carbocycles. The molecule has 1 fully saturated rings. The Morgan fingerprint density at radius 3 is 2.26 bits per heavy atom. The highest BCUT2D eigenvalue weighted by atomic mass is 35.5. The van der Waals surface area contributed by atoms with Crippen LogP contribution in [-0.4, -0.2) is 47.7 Å². The first-order chi connectivity index (χ1) is 14.9. The van der Waals surface area contributed by atoms with Gasteiger partial charge in [0.15, 0.2) is 0 Å². The van der Waals surface area contributed by atoms with Crippen LogP contribution >= 0.6 is 23.2 Å². The number of hydrogen-bond donors (Lipinski definition) is 1. The van der Waals surface area contributed by atoms with E-state index in [1.54, 1.807) is 29.2 Å². The van der Waals surface area contributed by atoms with Crippen LogP contribution in [0.1, 0.15) is 43.0 Å². The average molecular weight is 466 g/mol. The SMILES string of the molecule is CCC[C@H](COCC(=O)O)N1C(=O)CO[C@H](c2ccc(Cl)cc2)[C@@H]1c1ccc(Cl)cc1. The van der Waals surface area contributed by atoms with Crippen LogP contribution in [0.25, 0.3) is 0 Å². The molecular formula is C23H25Cl2NO5. The van der Waals surface area contributed by atoms with Crippen LogP contribution in [0.4, 0.5) is 0 Å². The van der Waals surface area contributed by atoms with Crippen LogP contribution in [0, 0.1) is 0 Å². The smallest absolute Gasteiger partial charge is 0.329 e. The predicted molar refractivity (Wildman–Crippen MR) is 118 cm³/mol. The molecule has 1 saturated heterocycles. The molecular weight excluding hydrogens is 441 g/mol. The number of ether oxygens (including phenoxy) is 2. The lowest BCUT2D eigenvalue weighted by Crippen LogP contribution is -2.52. The van der Waals surface area contributed by atoms with Gasteiger partial charge in [0.1, 0.15) is 19.3 Å². The van der Waals surface area contributed by atoms with Crippen molar-refractivity contribution in [1.29, 1.82) is 0 Å². The molecule has 0 saturated carbocycles. The second-order valence-electron chi connectivity index (χ2n) is 7.43. The number of carboxylic acids is 1. The zero-order valence-electron chi connectivity index (χ0n) is 17.2. The number of morpholine rings is 1. The molecule has 166 valence electrons. The minimum absolute atomic E-state index is 0.0729. The van der Waals surface area contributed by atoms with Crippen molar-refractivity contribution in [2.75, 3.05) is 19.8 Å². The Morgan fingerprint density at radius 1 is 1.13 bits per heavy atom. The lowest BCUT2D eigenvalue weighted by Gasteiger charge is -2.45. The third-order valence-electron chi connectivity index (χ3n) is 5.22. The third-order valence-corrected chi connectivity index (χ3v) is 5.73. The zero-order chi connectivity index (χ0) is 22.4. The topological polar surface area (TPSA) is 76.1 Å². The van der Waals surface area contributed by atoms with E-state index < -0.39 is 24.7 Å². The first-order valence-corrected chi connectivity index (χ1v) is 10.9. The summed E-state index contributed by atoms with van der Waals surface area (Å²) in [4.78, 5) is 25.8. The van der Waals surface area contributed by atoms with Crippen LogP contribution in [0.3, 0.4) is 0 Å². The van der Waals surface area contributed by atoms with E-state index in [1.807, 2.05) is 31.2 Å². The van der Waals surface area contributed by atoms with Crippen molar-refractivity contribution in [3.63, 3.8) is 0 Å². The summed E-state index contributed by atoms with van der Waals surface area (Å²) in [7, 11) is 0. The van der Waals surface area contributed by atoms with E-state index in [9.17, 15) is 9.59 Å². The standard InChI is InChI=1S/C23H25Cl2NO5/c1-2-3-19(12-30-14-21(28)29)26-20(27)13-31-23(16-6-10-18(25)11-7-16)22(26)15-4-8-17(24)9-5-15/h4-11,19,22-23H,2-3,12-14H2,1H3,(H,28,29)/t19-,22+,23-/m1/s1. The number of halogens is 2. The number of hydrogen-bond acceptors (Lipinski definition) is 4. The van der Waals surface area contributed by atoms with Crippen LogP contribution in [-0.2, 0) is 19.1 Å². The molecule has 1 heterocycles. The largest absolute Gasteiger partial charge is 0.480 e. The van der Waals surface area contributed by atoms with Crippen molar-refractivity contribution < 1.29 is 24.2 Å². The fourth-order valence-corrected chi connectivity index (χ4v) is 4.16. The van der Waals surface area contributed by atoms with Crippen molar-refractivity contribution in [3.8, 4) is 0 Å². The van der Waals surface area contributed by atoms with Gasteiger partial charge in [0.05, 0.1) is 18.7 Å². The van der Waals surface area contributed by atoms with E-state index in [0.29, 0.717) is 16.5 Å². The van der Waals surface area contributed by atoms with Crippen LogP contribution in [0.5, 0.6) is 0 Å². The summed E-state index contributed by atoms with van der Waals surface area (Å²) < 4.78 is 11.4. The maximum atomic E-state index is 13.1. The number of nitrogens with zero attached hydrogens (tertiary/aromatic N) is 1. The molecule has 2 aromatic rings. The van der Waals surface area contributed by atoms with Crippen molar-refractivity contribution in [1.82, 2.24) is 4.90 Å². The Kier molecular flexibility index (Phi) is 8.32. The molecule has 0 unspecified atom stereocenters. The van der Waals surface area contributed by atoms with E-state index in [1.165, 1.54) is 0 Å². The van der Waals surface area contributed by atoms with Gasteiger partial charge in [0.2, 0.25) is 5.91 Å². The molecule has 0 radical (unpaired) electrons. The molecule has 8 heteroatoms. The molecule has 2 aromatic carbocycles. The summed E-state index contributed by atoms with van der Waals surface area (Å²) in [6.45, 7) is 1.66. The van der Waals surface area contributed by atoms with Crippen LogP contribution < -0.4 is 0 Å². The quantitative estimate of drug-likeness (QED) is 0.569. The zero-order valence-corrected chi connectivity index (χ0v) is 18.7. The molecule has 1 aliphatic rings. The Hall–Kier alpha value is -2.12. The van der Waals surface area contributed by atoms with Gasteiger partial charge >= 0.3 is 5.97 Å². The number of benzene rings is 2. The van der Waals surface area contributed by atoms with Crippen molar-refractivity contribution in [2.24, 2.45) is 0 Å². The van der Waals surface area contributed by atoms with Gasteiger partial charge in [0.25, 0.3) is 0 Å². The highest BCUT2D eigenvalue weighted by Crippen LogP contribution is 2.42. The highest BCUT2D eigenvalue weighted by molar-refractivity contribution is 6.30. The minimum atomic E-state index is -1.04. The Bertz CT molecular complexity index is 888. The number of amides is 1. The number of aliphatic carboxylic acids is 1. The monoisotopic (exact) mass is 465 g/mol. The van der Waals surface area contributed by atoms with Crippen molar-refractivity contribution in [3.05, 3.63) is 69.7 Å². The summed E-state index contributed by atoms with van der Waals surface area (Å²) in [5.41, 5.74) is 1.76. The molecule has 3 rings (SSSR count). The third kappa shape index (κ3) is 5.98. The van der Waals surface area contributed by atoms with E-state index in [-0.39, 0.29) is 25.2 Å². The lowest BCUT2D eigenvalue weighted by molar-refractivity contribution is -0.166. The number of carbonyl (C=O) groups is 2. The number of carboxylic acid groups (broad SMARTS) is 1. The van der Waals surface area contributed by atoms with E-state index in [0.717, 1.165) is 17.5 Å². The van der Waals surface area contributed by atoms with Gasteiger partial charge in [-0.2, -0.15) is 0 Å². The van der Waals surface area contributed by atoms with Gasteiger partial charge in [-0.05, 0) is 41.8 Å². The number of carbonyl (C=O) groups excluding carboxylic acids is 1. The normalized spacial score (nSPS) is 20.0. The fraction of sp³-hybridized carbons (Fsp3) is 0.391. The molecule has 0 spiro atoms. The molecule has 6 nitrogen and oxygen atoms in total. The van der Waals surface area contributed by atoms with Gasteiger partial charge < -0.3 is 19.5 Å². The summed E-state index contributed by atoms with van der Waals surface area (Å²) in [6.07, 6.45) is 1.06. The van der Waals surface area contributed by atoms with Crippen molar-refractivity contribution in [2.45, 2.75) is 38.0 Å². The van der Waals surface area contributed by atoms with E-state index in [2.05, 4.69) is 0 Å². The molecule has 1 amide bonds. The van der Waals surface area contributed by atoms with Gasteiger partial charge in [-0.25, -0.2) is 4.79 Å². The van der Waals surface area contributed by atoms with Gasteiger partial charge in [0, 0.05) is 10.0 Å². The van der Waals surface area contributed by atoms with Gasteiger partial charge in [-0.15, -0.1) is 0 Å². The Balaban J connectivity index is 2.01. The maximum Gasteiger partial charge on any atom is 0.329 e. The summed E-state index contributed by atoms with van der Waals surface area (Å²) >= 11 is 12.2. The van der Waals surface area contributed by atoms with E-state index >= 15 is 0 Å².